The average molecular weight is 158 g/mol. The molecule has 1 aromatic rings. The third kappa shape index (κ3) is 3.16. The molecule has 0 unspecified atom stereocenters. The first-order chi connectivity index (χ1) is 4.84. The van der Waals surface area contributed by atoms with E-state index in [9.17, 15) is 9.90 Å². The van der Waals surface area contributed by atoms with E-state index in [0.29, 0.717) is 5.56 Å². The first kappa shape index (κ1) is 10.8. The molecule has 0 amide bonds. The van der Waals surface area contributed by atoms with Gasteiger partial charge in [-0.25, -0.2) is 0 Å². The molecule has 2 nitrogen and oxygen atoms in total. The van der Waals surface area contributed by atoms with Gasteiger partial charge in [-0.2, -0.15) is 0 Å². The van der Waals surface area contributed by atoms with Crippen molar-refractivity contribution in [2.24, 2.45) is 0 Å². The van der Waals surface area contributed by atoms with Crippen LogP contribution in [0.3, 0.4) is 0 Å². The fourth-order valence-electron chi connectivity index (χ4n) is 0.707. The van der Waals surface area contributed by atoms with Crippen LogP contribution >= 0.6 is 0 Å². The average Bonchev–Trinajstić information content (AvgIpc) is 2.05. The summed E-state index contributed by atoms with van der Waals surface area (Å²) in [6.07, 6.45) is 0. The summed E-state index contributed by atoms with van der Waals surface area (Å²) >= 11 is 0. The summed E-state index contributed by atoms with van der Waals surface area (Å²) in [5.41, 5.74) is 0.498. The van der Waals surface area contributed by atoms with E-state index < -0.39 is 6.61 Å². The van der Waals surface area contributed by atoms with E-state index in [1.807, 2.05) is 6.07 Å². The summed E-state index contributed by atoms with van der Waals surface area (Å²) in [5, 5.41) is 10.1. The van der Waals surface area contributed by atoms with Gasteiger partial charge in [-0.15, -0.1) is 0 Å². The van der Waals surface area contributed by atoms with Crippen molar-refractivity contribution < 1.29 is 39.5 Å². The summed E-state index contributed by atoms with van der Waals surface area (Å²) in [7, 11) is 0. The molecule has 0 radical (unpaired) electrons. The predicted octanol–water partition coefficient (Wildman–Crippen LogP) is -2.77. The van der Waals surface area contributed by atoms with Gasteiger partial charge in [-0.1, -0.05) is 36.9 Å². The molecule has 0 aliphatic rings. The second-order valence-corrected chi connectivity index (χ2v) is 1.93. The Morgan fingerprint density at radius 3 is 2.27 bits per heavy atom. The van der Waals surface area contributed by atoms with Gasteiger partial charge in [0.2, 0.25) is 0 Å². The third-order valence-corrected chi connectivity index (χ3v) is 1.23. The quantitative estimate of drug-likeness (QED) is 0.345. The second-order valence-electron chi connectivity index (χ2n) is 1.93. The Morgan fingerprint density at radius 2 is 1.82 bits per heavy atom. The van der Waals surface area contributed by atoms with Crippen LogP contribution in [0.4, 0.5) is 0 Å². The normalized spacial score (nSPS) is 8.45. The Bertz CT molecular complexity index is 221. The Hall–Kier alpha value is -0.150. The van der Waals surface area contributed by atoms with Gasteiger partial charge in [-0.3, -0.25) is 4.79 Å². The Balaban J connectivity index is 0.000001000. The Morgan fingerprint density at radius 1 is 1.27 bits per heavy atom. The standard InChI is InChI=1S/C8H7O2.Na/c9-6-8(10)7-4-2-1-3-5-7;/h1-5H,6H2;/q-1;+1. The first-order valence-corrected chi connectivity index (χ1v) is 3.01. The molecule has 0 saturated heterocycles. The maximum atomic E-state index is 10.7. The van der Waals surface area contributed by atoms with Gasteiger partial charge < -0.3 is 5.11 Å². The molecule has 0 atom stereocenters. The number of Topliss-reactive ketones (excluding diaryl/α,β-unsaturated/α-hetero) is 1. The van der Waals surface area contributed by atoms with Crippen molar-refractivity contribution in [2.45, 2.75) is 0 Å². The molecule has 0 aromatic heterocycles. The number of hydrogen-bond acceptors (Lipinski definition) is 2. The van der Waals surface area contributed by atoms with E-state index >= 15 is 0 Å². The summed E-state index contributed by atoms with van der Waals surface area (Å²) in [5.74, 6) is -0.347. The molecule has 0 saturated carbocycles. The van der Waals surface area contributed by atoms with Crippen molar-refractivity contribution in [2.75, 3.05) is 6.61 Å². The van der Waals surface area contributed by atoms with Crippen molar-refractivity contribution in [1.29, 1.82) is 0 Å². The summed E-state index contributed by atoms with van der Waals surface area (Å²) in [6.45, 7) is -0.663. The zero-order valence-corrected chi connectivity index (χ0v) is 8.41. The minimum atomic E-state index is -0.663. The van der Waals surface area contributed by atoms with Crippen LogP contribution in [0.1, 0.15) is 10.4 Å². The molecule has 11 heavy (non-hydrogen) atoms. The number of rotatable bonds is 2. The number of hydrogen-bond donors (Lipinski definition) is 0. The number of carbonyl (C=O) groups is 1. The molecule has 0 fully saturated rings. The smallest absolute Gasteiger partial charge is 0.849 e. The molecule has 1 aromatic carbocycles. The molecule has 0 N–H and O–H groups in total. The third-order valence-electron chi connectivity index (χ3n) is 1.23. The Labute approximate surface area is 87.5 Å². The van der Waals surface area contributed by atoms with E-state index in [-0.39, 0.29) is 35.3 Å². The zero-order chi connectivity index (χ0) is 7.40. The fourth-order valence-corrected chi connectivity index (χ4v) is 0.707. The number of ketones is 1. The molecule has 1 rings (SSSR count). The van der Waals surface area contributed by atoms with E-state index in [4.69, 9.17) is 0 Å². The minimum Gasteiger partial charge on any atom is -0.849 e. The van der Waals surface area contributed by atoms with Crippen molar-refractivity contribution >= 4 is 5.78 Å². The molecular weight excluding hydrogens is 151 g/mol. The van der Waals surface area contributed by atoms with Crippen molar-refractivity contribution in [3.05, 3.63) is 35.9 Å². The van der Waals surface area contributed by atoms with E-state index in [1.54, 1.807) is 24.3 Å². The minimum absolute atomic E-state index is 0. The maximum absolute atomic E-state index is 10.7. The summed E-state index contributed by atoms with van der Waals surface area (Å²) in [6, 6.07) is 8.56. The molecule has 0 bridgehead atoms. The maximum Gasteiger partial charge on any atom is 1.00 e. The molecule has 0 aliphatic carbocycles. The van der Waals surface area contributed by atoms with Crippen LogP contribution in [0.2, 0.25) is 0 Å². The second kappa shape index (κ2) is 5.49. The van der Waals surface area contributed by atoms with Crippen LogP contribution in [-0.2, 0) is 0 Å². The zero-order valence-electron chi connectivity index (χ0n) is 6.41. The van der Waals surface area contributed by atoms with Crippen LogP contribution in [-0.4, -0.2) is 12.4 Å². The largest absolute Gasteiger partial charge is 1.00 e. The van der Waals surface area contributed by atoms with Gasteiger partial charge in [0.15, 0.2) is 0 Å². The molecule has 52 valence electrons. The topological polar surface area (TPSA) is 40.1 Å². The van der Waals surface area contributed by atoms with Crippen LogP contribution in [0.15, 0.2) is 30.3 Å². The van der Waals surface area contributed by atoms with Crippen LogP contribution in [0, 0.1) is 0 Å². The van der Waals surface area contributed by atoms with Gasteiger partial charge in [0.05, 0.1) is 0 Å². The SMILES string of the molecule is O=C(C[O-])c1ccccc1.[Na+]. The molecule has 0 heterocycles. The first-order valence-electron chi connectivity index (χ1n) is 3.01. The van der Waals surface area contributed by atoms with Crippen molar-refractivity contribution in [3.8, 4) is 0 Å². The molecule has 0 spiro atoms. The van der Waals surface area contributed by atoms with Gasteiger partial charge >= 0.3 is 29.6 Å². The van der Waals surface area contributed by atoms with Gasteiger partial charge in [0.25, 0.3) is 0 Å². The monoisotopic (exact) mass is 158 g/mol. The Kier molecular flexibility index (Phi) is 5.42. The predicted molar refractivity (Wildman–Crippen MR) is 35.6 cm³/mol. The van der Waals surface area contributed by atoms with Crippen LogP contribution < -0.4 is 34.7 Å². The van der Waals surface area contributed by atoms with Gasteiger partial charge in [0, 0.05) is 5.56 Å². The van der Waals surface area contributed by atoms with Crippen molar-refractivity contribution in [3.63, 3.8) is 0 Å². The summed E-state index contributed by atoms with van der Waals surface area (Å²) in [4.78, 5) is 10.7. The van der Waals surface area contributed by atoms with Gasteiger partial charge in [-0.05, 0) is 0 Å². The van der Waals surface area contributed by atoms with E-state index in [2.05, 4.69) is 0 Å². The molecule has 0 aliphatic heterocycles. The van der Waals surface area contributed by atoms with Crippen LogP contribution in [0.5, 0.6) is 0 Å². The number of carbonyl (C=O) groups excluding carboxylic acids is 1. The molecular formula is C8H7NaO2. The van der Waals surface area contributed by atoms with Crippen LogP contribution in [0.25, 0.3) is 0 Å². The fraction of sp³-hybridized carbons (Fsp3) is 0.125. The van der Waals surface area contributed by atoms with E-state index in [1.165, 1.54) is 0 Å². The van der Waals surface area contributed by atoms with Gasteiger partial charge in [0.1, 0.15) is 5.78 Å². The molecule has 3 heteroatoms. The van der Waals surface area contributed by atoms with Crippen molar-refractivity contribution in [1.82, 2.24) is 0 Å². The van der Waals surface area contributed by atoms with E-state index in [0.717, 1.165) is 0 Å². The summed E-state index contributed by atoms with van der Waals surface area (Å²) < 4.78 is 0. The number of benzene rings is 1.